The van der Waals surface area contributed by atoms with E-state index in [1.54, 1.807) is 0 Å². The summed E-state index contributed by atoms with van der Waals surface area (Å²) in [5.41, 5.74) is 7.99. The Bertz CT molecular complexity index is 415. The molecule has 5 nitrogen and oxygen atoms in total. The lowest BCUT2D eigenvalue weighted by Crippen LogP contribution is -2.57. The molecule has 0 atom stereocenters. The number of rotatable bonds is 3. The van der Waals surface area contributed by atoms with Crippen LogP contribution in [-0.2, 0) is 0 Å². The van der Waals surface area contributed by atoms with Gasteiger partial charge in [-0.1, -0.05) is 0 Å². The van der Waals surface area contributed by atoms with Crippen molar-refractivity contribution in [2.45, 2.75) is 33.2 Å². The molecule has 2 rings (SSSR count). The van der Waals surface area contributed by atoms with Gasteiger partial charge in [0.25, 0.3) is 0 Å². The summed E-state index contributed by atoms with van der Waals surface area (Å²) in [6, 6.07) is 2.01. The van der Waals surface area contributed by atoms with Gasteiger partial charge in [0.05, 0.1) is 0 Å². The summed E-state index contributed by atoms with van der Waals surface area (Å²) in [5.74, 6) is 0.864. The predicted octanol–water partition coefficient (Wildman–Crippen LogP) is 0.953. The lowest BCUT2D eigenvalue weighted by atomic mass is 10.0. The molecule has 0 spiro atoms. The van der Waals surface area contributed by atoms with Crippen molar-refractivity contribution in [2.24, 2.45) is 5.73 Å². The van der Waals surface area contributed by atoms with Crippen molar-refractivity contribution in [1.29, 1.82) is 0 Å². The van der Waals surface area contributed by atoms with Gasteiger partial charge >= 0.3 is 0 Å². The number of nitrogens with zero attached hydrogens (tertiary/aromatic N) is 4. The summed E-state index contributed by atoms with van der Waals surface area (Å²) in [4.78, 5) is 13.8. The number of hydrogen-bond donors (Lipinski definition) is 1. The number of piperazine rings is 1. The minimum Gasteiger partial charge on any atom is -0.338 e. The van der Waals surface area contributed by atoms with Gasteiger partial charge < -0.3 is 10.6 Å². The Morgan fingerprint density at radius 1 is 1.11 bits per heavy atom. The molecule has 5 heteroatoms. The first-order valence-corrected chi connectivity index (χ1v) is 6.95. The van der Waals surface area contributed by atoms with Gasteiger partial charge in [-0.15, -0.1) is 0 Å². The van der Waals surface area contributed by atoms with Crippen LogP contribution in [0.4, 0.5) is 5.95 Å². The number of hydrogen-bond acceptors (Lipinski definition) is 5. The van der Waals surface area contributed by atoms with Gasteiger partial charge in [-0.25, -0.2) is 9.97 Å². The third-order valence-electron chi connectivity index (χ3n) is 3.89. The fraction of sp³-hybridized carbons (Fsp3) is 0.714. The summed E-state index contributed by atoms with van der Waals surface area (Å²) in [6.07, 6.45) is 0. The zero-order chi connectivity index (χ0) is 14.0. The highest BCUT2D eigenvalue weighted by Crippen LogP contribution is 2.18. The molecule has 0 radical (unpaired) electrons. The van der Waals surface area contributed by atoms with Gasteiger partial charge in [0.2, 0.25) is 5.95 Å². The Kier molecular flexibility index (Phi) is 4.06. The lowest BCUT2D eigenvalue weighted by molar-refractivity contribution is 0.118. The first-order chi connectivity index (χ1) is 8.92. The maximum atomic E-state index is 5.84. The molecule has 0 aromatic carbocycles. The molecule has 0 saturated carbocycles. The van der Waals surface area contributed by atoms with E-state index in [1.165, 1.54) is 0 Å². The van der Waals surface area contributed by atoms with Crippen LogP contribution < -0.4 is 10.6 Å². The van der Waals surface area contributed by atoms with Gasteiger partial charge in [-0.2, -0.15) is 0 Å². The van der Waals surface area contributed by atoms with E-state index in [2.05, 4.69) is 33.6 Å². The quantitative estimate of drug-likeness (QED) is 0.880. The van der Waals surface area contributed by atoms with Crippen LogP contribution in [0.3, 0.4) is 0 Å². The molecular formula is C14H25N5. The molecule has 0 unspecified atom stereocenters. The van der Waals surface area contributed by atoms with Crippen LogP contribution in [0.1, 0.15) is 25.2 Å². The Morgan fingerprint density at radius 2 is 1.63 bits per heavy atom. The summed E-state index contributed by atoms with van der Waals surface area (Å²) in [5, 5.41) is 0. The summed E-state index contributed by atoms with van der Waals surface area (Å²) < 4.78 is 0. The second-order valence-corrected chi connectivity index (χ2v) is 5.94. The standard InChI is InChI=1S/C14H25N5/c1-11-9-12(2)17-13(16-11)18-5-7-19(8-6-18)14(3,4)10-15/h9H,5-8,10,15H2,1-4H3. The van der Waals surface area contributed by atoms with Crippen molar-refractivity contribution < 1.29 is 0 Å². The molecule has 1 aliphatic heterocycles. The average Bonchev–Trinajstić information content (AvgIpc) is 2.38. The molecular weight excluding hydrogens is 238 g/mol. The number of anilines is 1. The molecule has 1 aliphatic rings. The third kappa shape index (κ3) is 3.22. The molecule has 0 bridgehead atoms. The Balaban J connectivity index is 2.04. The van der Waals surface area contributed by atoms with Gasteiger partial charge in [0.15, 0.2) is 0 Å². The lowest BCUT2D eigenvalue weighted by Gasteiger charge is -2.43. The minimum atomic E-state index is 0.0788. The normalized spacial score (nSPS) is 17.8. The summed E-state index contributed by atoms with van der Waals surface area (Å²) in [7, 11) is 0. The van der Waals surface area contributed by atoms with Crippen molar-refractivity contribution in [1.82, 2.24) is 14.9 Å². The highest BCUT2D eigenvalue weighted by Gasteiger charge is 2.29. The van der Waals surface area contributed by atoms with E-state index >= 15 is 0 Å². The maximum absolute atomic E-state index is 5.84. The monoisotopic (exact) mass is 263 g/mol. The second-order valence-electron chi connectivity index (χ2n) is 5.94. The largest absolute Gasteiger partial charge is 0.338 e. The van der Waals surface area contributed by atoms with Gasteiger partial charge in [-0.05, 0) is 33.8 Å². The molecule has 1 aromatic heterocycles. The van der Waals surface area contributed by atoms with Gasteiger partial charge in [-0.3, -0.25) is 4.90 Å². The van der Waals surface area contributed by atoms with Gasteiger partial charge in [0, 0.05) is 49.7 Å². The van der Waals surface area contributed by atoms with Crippen molar-refractivity contribution in [3.05, 3.63) is 17.5 Å². The highest BCUT2D eigenvalue weighted by atomic mass is 15.3. The molecule has 19 heavy (non-hydrogen) atoms. The fourth-order valence-corrected chi connectivity index (χ4v) is 2.49. The first kappa shape index (κ1) is 14.2. The zero-order valence-corrected chi connectivity index (χ0v) is 12.5. The number of aryl methyl sites for hydroxylation is 2. The Labute approximate surface area is 115 Å². The topological polar surface area (TPSA) is 58.3 Å². The van der Waals surface area contributed by atoms with Crippen molar-refractivity contribution in [3.8, 4) is 0 Å². The molecule has 2 N–H and O–H groups in total. The third-order valence-corrected chi connectivity index (χ3v) is 3.89. The Morgan fingerprint density at radius 3 is 2.11 bits per heavy atom. The van der Waals surface area contributed by atoms with E-state index in [4.69, 9.17) is 5.73 Å². The van der Waals surface area contributed by atoms with Crippen LogP contribution in [0.25, 0.3) is 0 Å². The number of aromatic nitrogens is 2. The smallest absolute Gasteiger partial charge is 0.225 e. The van der Waals surface area contributed by atoms with Crippen LogP contribution in [0, 0.1) is 13.8 Å². The minimum absolute atomic E-state index is 0.0788. The molecule has 1 aromatic rings. The molecule has 0 aliphatic carbocycles. The fourth-order valence-electron chi connectivity index (χ4n) is 2.49. The van der Waals surface area contributed by atoms with E-state index in [9.17, 15) is 0 Å². The van der Waals surface area contributed by atoms with Gasteiger partial charge in [0.1, 0.15) is 0 Å². The molecule has 0 amide bonds. The maximum Gasteiger partial charge on any atom is 0.225 e. The predicted molar refractivity (Wildman–Crippen MR) is 78.4 cm³/mol. The SMILES string of the molecule is Cc1cc(C)nc(N2CCN(C(C)(C)CN)CC2)n1. The zero-order valence-electron chi connectivity index (χ0n) is 12.5. The highest BCUT2D eigenvalue weighted by molar-refractivity contribution is 5.33. The van der Waals surface area contributed by atoms with Crippen LogP contribution in [-0.4, -0.2) is 53.1 Å². The summed E-state index contributed by atoms with van der Waals surface area (Å²) >= 11 is 0. The Hall–Kier alpha value is -1.20. The van der Waals surface area contributed by atoms with E-state index in [-0.39, 0.29) is 5.54 Å². The molecule has 2 heterocycles. The van der Waals surface area contributed by atoms with Crippen molar-refractivity contribution in [3.63, 3.8) is 0 Å². The second kappa shape index (κ2) is 5.43. The van der Waals surface area contributed by atoms with Crippen LogP contribution >= 0.6 is 0 Å². The molecule has 106 valence electrons. The van der Waals surface area contributed by atoms with Crippen LogP contribution in [0.15, 0.2) is 6.07 Å². The van der Waals surface area contributed by atoms with Crippen molar-refractivity contribution in [2.75, 3.05) is 37.6 Å². The van der Waals surface area contributed by atoms with E-state index in [1.807, 2.05) is 19.9 Å². The van der Waals surface area contributed by atoms with E-state index < -0.39 is 0 Å². The first-order valence-electron chi connectivity index (χ1n) is 6.95. The van der Waals surface area contributed by atoms with E-state index in [0.29, 0.717) is 6.54 Å². The van der Waals surface area contributed by atoms with Crippen molar-refractivity contribution >= 4 is 5.95 Å². The average molecular weight is 263 g/mol. The molecule has 1 saturated heterocycles. The van der Waals surface area contributed by atoms with Crippen LogP contribution in [0.2, 0.25) is 0 Å². The van der Waals surface area contributed by atoms with E-state index in [0.717, 1.165) is 43.5 Å². The molecule has 1 fully saturated rings. The summed E-state index contributed by atoms with van der Waals surface area (Å²) in [6.45, 7) is 13.1. The number of nitrogens with two attached hydrogens (primary N) is 1. The van der Waals surface area contributed by atoms with Crippen LogP contribution in [0.5, 0.6) is 0 Å².